The molecule has 12 nitrogen and oxygen atoms in total. The van der Waals surface area contributed by atoms with Gasteiger partial charge in [-0.25, -0.2) is 23.8 Å². The lowest BCUT2D eigenvalue weighted by Crippen LogP contribution is -2.53. The van der Waals surface area contributed by atoms with Gasteiger partial charge in [0.1, 0.15) is 35.2 Å². The van der Waals surface area contributed by atoms with Crippen LogP contribution in [0.3, 0.4) is 0 Å². The second kappa shape index (κ2) is 12.9. The second-order valence-corrected chi connectivity index (χ2v) is 12.4. The molecule has 1 saturated carbocycles. The number of piperazine rings is 1. The molecule has 3 aromatic rings. The molecule has 4 aliphatic rings. The topological polar surface area (TPSA) is 112 Å². The van der Waals surface area contributed by atoms with Gasteiger partial charge in [-0.15, -0.1) is 0 Å². The summed E-state index contributed by atoms with van der Waals surface area (Å²) in [6, 6.07) is 9.03. The van der Waals surface area contributed by atoms with Gasteiger partial charge in [0.2, 0.25) is 0 Å². The minimum Gasteiger partial charge on any atom is -0.494 e. The number of halogens is 2. The molecule has 4 heterocycles. The molecular formula is C32H38F2N8O4. The van der Waals surface area contributed by atoms with Crippen molar-refractivity contribution in [1.29, 1.82) is 0 Å². The highest BCUT2D eigenvalue weighted by Gasteiger charge is 2.35. The van der Waals surface area contributed by atoms with E-state index in [1.807, 2.05) is 0 Å². The fourth-order valence-electron chi connectivity index (χ4n) is 7.04. The molecule has 1 N–H and O–H groups in total. The Balaban J connectivity index is 1.06. The predicted octanol–water partition coefficient (Wildman–Crippen LogP) is 5.05. The van der Waals surface area contributed by atoms with Crippen LogP contribution in [0.4, 0.5) is 37.5 Å². The third-order valence-electron chi connectivity index (χ3n) is 9.54. The maximum absolute atomic E-state index is 14.0. The van der Waals surface area contributed by atoms with Crippen LogP contribution in [0.1, 0.15) is 43.7 Å². The van der Waals surface area contributed by atoms with E-state index >= 15 is 0 Å². The molecule has 244 valence electrons. The van der Waals surface area contributed by atoms with Crippen LogP contribution < -0.4 is 20.0 Å². The molecule has 0 radical (unpaired) electrons. The van der Waals surface area contributed by atoms with Gasteiger partial charge >= 0.3 is 0 Å². The van der Waals surface area contributed by atoms with E-state index in [-0.39, 0.29) is 10.6 Å². The quantitative estimate of drug-likeness (QED) is 0.252. The largest absolute Gasteiger partial charge is 0.494 e. The predicted molar refractivity (Wildman–Crippen MR) is 169 cm³/mol. The Hall–Kier alpha value is -4.14. The SMILES string of the molecule is COc1cc(N2CCC(N3CCN(C4CC4)CC3)CC2)c([N+](=O)[O-])cc1Nc1cc(N2OCCC2c2cc(F)cc(F)c2)ncn1. The average Bonchev–Trinajstić information content (AvgIpc) is 3.80. The third kappa shape index (κ3) is 6.42. The number of benzene rings is 2. The number of hydrogen-bond donors (Lipinski definition) is 1. The lowest BCUT2D eigenvalue weighted by atomic mass is 10.0. The summed E-state index contributed by atoms with van der Waals surface area (Å²) in [4.78, 5) is 33.6. The van der Waals surface area contributed by atoms with Crippen molar-refractivity contribution >= 4 is 28.7 Å². The molecule has 1 unspecified atom stereocenters. The highest BCUT2D eigenvalue weighted by atomic mass is 19.1. The number of aromatic nitrogens is 2. The number of anilines is 4. The molecule has 1 aliphatic carbocycles. The van der Waals surface area contributed by atoms with Gasteiger partial charge < -0.3 is 15.0 Å². The van der Waals surface area contributed by atoms with Gasteiger partial charge in [0.25, 0.3) is 5.69 Å². The van der Waals surface area contributed by atoms with E-state index < -0.39 is 17.7 Å². The Kier molecular flexibility index (Phi) is 8.58. The molecule has 1 atom stereocenters. The highest BCUT2D eigenvalue weighted by Crippen LogP contribution is 2.41. The van der Waals surface area contributed by atoms with Crippen LogP contribution in [0.5, 0.6) is 5.75 Å². The summed E-state index contributed by atoms with van der Waals surface area (Å²) in [5.41, 5.74) is 1.31. The van der Waals surface area contributed by atoms with E-state index in [0.29, 0.717) is 53.4 Å². The summed E-state index contributed by atoms with van der Waals surface area (Å²) in [7, 11) is 1.52. The van der Waals surface area contributed by atoms with E-state index in [1.54, 1.807) is 12.1 Å². The summed E-state index contributed by atoms with van der Waals surface area (Å²) >= 11 is 0. The van der Waals surface area contributed by atoms with Gasteiger partial charge in [0, 0.05) is 82.0 Å². The zero-order valence-electron chi connectivity index (χ0n) is 25.8. The summed E-state index contributed by atoms with van der Waals surface area (Å²) in [6.07, 6.45) is 6.41. The van der Waals surface area contributed by atoms with Crippen molar-refractivity contribution in [3.63, 3.8) is 0 Å². The first-order valence-corrected chi connectivity index (χ1v) is 15.9. The normalized spacial score (nSPS) is 21.5. The van der Waals surface area contributed by atoms with Crippen molar-refractivity contribution in [2.45, 2.75) is 50.2 Å². The van der Waals surface area contributed by atoms with Crippen LogP contribution in [-0.4, -0.2) is 89.8 Å². The number of piperidine rings is 1. The maximum atomic E-state index is 14.0. The smallest absolute Gasteiger partial charge is 0.294 e. The number of nitrogens with one attached hydrogen (secondary N) is 1. The molecule has 0 amide bonds. The molecule has 0 bridgehead atoms. The fourth-order valence-corrected chi connectivity index (χ4v) is 7.04. The van der Waals surface area contributed by atoms with E-state index in [0.717, 1.165) is 64.2 Å². The van der Waals surface area contributed by atoms with Crippen molar-refractivity contribution in [2.75, 3.05) is 68.3 Å². The van der Waals surface area contributed by atoms with Gasteiger partial charge in [-0.1, -0.05) is 0 Å². The van der Waals surface area contributed by atoms with Crippen LogP contribution in [0.15, 0.2) is 42.7 Å². The molecule has 14 heteroatoms. The first kappa shape index (κ1) is 30.5. The standard InChI is InChI=1S/C32H38F2N8O4/c1-45-30-18-28(40-7-4-25(5-8-40)39-11-9-38(10-12-39)24-2-3-24)29(42(43)44)17-26(30)37-31-19-32(36-20-35-31)41-27(6-13-46-41)21-14-22(33)16-23(34)15-21/h14-20,24-25,27H,2-13H2,1H3,(H,35,36,37). The number of nitro groups is 1. The monoisotopic (exact) mass is 636 g/mol. The second-order valence-electron chi connectivity index (χ2n) is 12.4. The van der Waals surface area contributed by atoms with Gasteiger partial charge in [0.05, 0.1) is 30.4 Å². The van der Waals surface area contributed by atoms with Crippen LogP contribution in [0.2, 0.25) is 0 Å². The number of rotatable bonds is 9. The van der Waals surface area contributed by atoms with Crippen LogP contribution >= 0.6 is 0 Å². The Morgan fingerprint density at radius 2 is 1.57 bits per heavy atom. The van der Waals surface area contributed by atoms with Crippen molar-refractivity contribution in [3.05, 3.63) is 70.0 Å². The van der Waals surface area contributed by atoms with Crippen molar-refractivity contribution in [3.8, 4) is 5.75 Å². The number of hydrogen-bond acceptors (Lipinski definition) is 11. The van der Waals surface area contributed by atoms with Gasteiger partial charge in [-0.3, -0.25) is 24.8 Å². The van der Waals surface area contributed by atoms with Gasteiger partial charge in [0.15, 0.2) is 5.82 Å². The molecule has 46 heavy (non-hydrogen) atoms. The summed E-state index contributed by atoms with van der Waals surface area (Å²) in [5, 5.41) is 17.0. The number of nitrogens with zero attached hydrogens (tertiary/aromatic N) is 7. The molecule has 1 aromatic heterocycles. The Morgan fingerprint density at radius 3 is 2.20 bits per heavy atom. The van der Waals surface area contributed by atoms with Crippen molar-refractivity contribution in [2.24, 2.45) is 0 Å². The molecule has 7 rings (SSSR count). The third-order valence-corrected chi connectivity index (χ3v) is 9.54. The van der Waals surface area contributed by atoms with E-state index in [1.165, 1.54) is 49.5 Å². The first-order chi connectivity index (χ1) is 22.4. The molecule has 3 saturated heterocycles. The minimum absolute atomic E-state index is 0.0230. The zero-order chi connectivity index (χ0) is 31.8. The van der Waals surface area contributed by atoms with Gasteiger partial charge in [-0.05, 0) is 43.4 Å². The van der Waals surface area contributed by atoms with Crippen LogP contribution in [-0.2, 0) is 4.84 Å². The maximum Gasteiger partial charge on any atom is 0.294 e. The number of ether oxygens (including phenoxy) is 1. The first-order valence-electron chi connectivity index (χ1n) is 15.9. The molecule has 4 fully saturated rings. The minimum atomic E-state index is -0.671. The molecule has 0 spiro atoms. The Morgan fingerprint density at radius 1 is 0.891 bits per heavy atom. The van der Waals surface area contributed by atoms with Crippen molar-refractivity contribution in [1.82, 2.24) is 19.8 Å². The summed E-state index contributed by atoms with van der Waals surface area (Å²) in [6.45, 7) is 6.24. The Labute approximate surface area is 266 Å². The highest BCUT2D eigenvalue weighted by molar-refractivity contribution is 5.77. The summed E-state index contributed by atoms with van der Waals surface area (Å²) < 4.78 is 33.6. The molecule has 3 aliphatic heterocycles. The lowest BCUT2D eigenvalue weighted by Gasteiger charge is -2.43. The molecule has 2 aromatic carbocycles. The zero-order valence-corrected chi connectivity index (χ0v) is 25.8. The number of methoxy groups -OCH3 is 1. The average molecular weight is 637 g/mol. The van der Waals surface area contributed by atoms with E-state index in [2.05, 4.69) is 30.0 Å². The van der Waals surface area contributed by atoms with E-state index in [9.17, 15) is 18.9 Å². The lowest BCUT2D eigenvalue weighted by molar-refractivity contribution is -0.384. The number of hydroxylamine groups is 1. The molecular weight excluding hydrogens is 598 g/mol. The van der Waals surface area contributed by atoms with Crippen LogP contribution in [0.25, 0.3) is 0 Å². The van der Waals surface area contributed by atoms with E-state index in [4.69, 9.17) is 9.57 Å². The van der Waals surface area contributed by atoms with Crippen LogP contribution in [0, 0.1) is 21.7 Å². The summed E-state index contributed by atoms with van der Waals surface area (Å²) in [5.74, 6) is -0.199. The van der Waals surface area contributed by atoms with Gasteiger partial charge in [-0.2, -0.15) is 0 Å². The van der Waals surface area contributed by atoms with Crippen molar-refractivity contribution < 1.29 is 23.3 Å². The Bertz CT molecular complexity index is 1560. The number of nitro benzene ring substituents is 1. The fraction of sp³-hybridized carbons (Fsp3) is 0.500.